The van der Waals surface area contributed by atoms with Crippen LogP contribution >= 0.6 is 0 Å². The third-order valence-corrected chi connectivity index (χ3v) is 8.63. The second-order valence-corrected chi connectivity index (χ2v) is 12.5. The summed E-state index contributed by atoms with van der Waals surface area (Å²) < 4.78 is 7.57. The fourth-order valence-electron chi connectivity index (χ4n) is 6.28. The van der Waals surface area contributed by atoms with Crippen molar-refractivity contribution in [3.63, 3.8) is 0 Å². The maximum absolute atomic E-state index is 14.3. The monoisotopic (exact) mass is 600 g/mol. The van der Waals surface area contributed by atoms with Crippen LogP contribution < -0.4 is 16.4 Å². The lowest BCUT2D eigenvalue weighted by molar-refractivity contribution is -0.140. The van der Waals surface area contributed by atoms with Crippen molar-refractivity contribution in [2.75, 3.05) is 18.5 Å². The van der Waals surface area contributed by atoms with Crippen molar-refractivity contribution in [1.29, 1.82) is 0 Å². The van der Waals surface area contributed by atoms with Crippen LogP contribution in [0.5, 0.6) is 0 Å². The molecule has 234 valence electrons. The van der Waals surface area contributed by atoms with Crippen LogP contribution in [-0.4, -0.2) is 62.9 Å². The largest absolute Gasteiger partial charge is 0.374 e. The van der Waals surface area contributed by atoms with Crippen molar-refractivity contribution in [3.05, 3.63) is 84.3 Å². The van der Waals surface area contributed by atoms with Gasteiger partial charge in [0.1, 0.15) is 12.1 Å². The summed E-state index contributed by atoms with van der Waals surface area (Å²) in [5.74, 6) is -0.0986. The Hall–Kier alpha value is -4.02. The highest BCUT2D eigenvalue weighted by atomic mass is 16.5. The third-order valence-electron chi connectivity index (χ3n) is 8.63. The number of carbonyl (C=O) groups excluding carboxylic acids is 3. The first-order chi connectivity index (χ1) is 21.2. The molecule has 44 heavy (non-hydrogen) atoms. The number of rotatable bonds is 11. The number of likely N-dealkylation sites (tertiary alicyclic amines) is 1. The Kier molecular flexibility index (Phi) is 10.1. The molecule has 3 amide bonds. The van der Waals surface area contributed by atoms with Gasteiger partial charge < -0.3 is 30.6 Å². The summed E-state index contributed by atoms with van der Waals surface area (Å²) in [7, 11) is 0. The van der Waals surface area contributed by atoms with Gasteiger partial charge in [0, 0.05) is 18.8 Å². The SMILES string of the molecule is CC(C)(N)C(=O)NC(COCc1ccccc1)C(=O)Nc1cn(C(C(=O)N2CCCC3CCCCC32)c2ccccc2)cn1. The standard InChI is InChI=1S/C34H44N6O4/c1-34(2,35)33(43)37-27(22-44-21-24-12-5-3-6-13-24)31(41)38-29-20-39(23-36-29)30(26-15-7-4-8-16-26)32(42)40-19-11-17-25-14-9-10-18-28(25)40/h3-8,12-13,15-16,20,23,25,27-28,30H,9-11,14,17-19,21-22,35H2,1-2H3,(H,37,43)(H,38,41). The Labute approximate surface area is 259 Å². The van der Waals surface area contributed by atoms with Gasteiger partial charge in [-0.1, -0.05) is 73.5 Å². The average Bonchev–Trinajstić information content (AvgIpc) is 3.48. The van der Waals surface area contributed by atoms with E-state index in [0.29, 0.717) is 5.92 Å². The van der Waals surface area contributed by atoms with E-state index in [-0.39, 0.29) is 31.0 Å². The van der Waals surface area contributed by atoms with E-state index in [1.807, 2.05) is 60.7 Å². The summed E-state index contributed by atoms with van der Waals surface area (Å²) in [6.07, 6.45) is 10.1. The number of ether oxygens (including phenoxy) is 1. The van der Waals surface area contributed by atoms with Crippen molar-refractivity contribution in [1.82, 2.24) is 19.8 Å². The van der Waals surface area contributed by atoms with Gasteiger partial charge in [-0.2, -0.15) is 0 Å². The average molecular weight is 601 g/mol. The van der Waals surface area contributed by atoms with Crippen LogP contribution in [0, 0.1) is 5.92 Å². The molecular weight excluding hydrogens is 556 g/mol. The molecular formula is C34H44N6O4. The number of anilines is 1. The summed E-state index contributed by atoms with van der Waals surface area (Å²) in [5, 5.41) is 5.52. The first kappa shape index (κ1) is 31.4. The lowest BCUT2D eigenvalue weighted by atomic mass is 9.78. The number of benzene rings is 2. The van der Waals surface area contributed by atoms with Crippen molar-refractivity contribution >= 4 is 23.5 Å². The molecule has 1 aliphatic carbocycles. The lowest BCUT2D eigenvalue weighted by Gasteiger charge is -2.45. The Bertz CT molecular complexity index is 1400. The molecule has 1 saturated heterocycles. The van der Waals surface area contributed by atoms with Crippen LogP contribution in [-0.2, 0) is 25.7 Å². The van der Waals surface area contributed by atoms with Crippen LogP contribution in [0.15, 0.2) is 73.2 Å². The van der Waals surface area contributed by atoms with Gasteiger partial charge in [0.2, 0.25) is 5.91 Å². The van der Waals surface area contributed by atoms with Gasteiger partial charge in [-0.05, 0) is 56.6 Å². The molecule has 10 heteroatoms. The van der Waals surface area contributed by atoms with Crippen LogP contribution in [0.4, 0.5) is 5.82 Å². The number of nitrogens with two attached hydrogens (primary N) is 1. The molecule has 0 spiro atoms. The minimum absolute atomic E-state index is 0.0488. The summed E-state index contributed by atoms with van der Waals surface area (Å²) in [6, 6.07) is 17.9. The maximum Gasteiger partial charge on any atom is 0.250 e. The smallest absolute Gasteiger partial charge is 0.250 e. The molecule has 10 nitrogen and oxygen atoms in total. The molecule has 2 heterocycles. The number of imidazole rings is 1. The number of piperidine rings is 1. The molecule has 2 aliphatic rings. The molecule has 4 unspecified atom stereocenters. The Morgan fingerprint density at radius 1 is 1.00 bits per heavy atom. The van der Waals surface area contributed by atoms with E-state index in [1.54, 1.807) is 30.9 Å². The van der Waals surface area contributed by atoms with Crippen molar-refractivity contribution < 1.29 is 19.1 Å². The highest BCUT2D eigenvalue weighted by Gasteiger charge is 2.39. The van der Waals surface area contributed by atoms with Crippen LogP contribution in [0.3, 0.4) is 0 Å². The fourth-order valence-corrected chi connectivity index (χ4v) is 6.28. The molecule has 5 rings (SSSR count). The summed E-state index contributed by atoms with van der Waals surface area (Å²) in [4.78, 5) is 46.9. The van der Waals surface area contributed by atoms with E-state index < -0.39 is 29.4 Å². The maximum atomic E-state index is 14.3. The number of nitrogens with zero attached hydrogens (tertiary/aromatic N) is 3. The first-order valence-corrected chi connectivity index (χ1v) is 15.6. The minimum Gasteiger partial charge on any atom is -0.374 e. The van der Waals surface area contributed by atoms with E-state index in [0.717, 1.165) is 36.9 Å². The summed E-state index contributed by atoms with van der Waals surface area (Å²) in [6.45, 7) is 4.11. The first-order valence-electron chi connectivity index (χ1n) is 15.6. The molecule has 4 atom stereocenters. The van der Waals surface area contributed by atoms with Crippen molar-refractivity contribution in [3.8, 4) is 0 Å². The summed E-state index contributed by atoms with van der Waals surface area (Å²) in [5.41, 5.74) is 6.60. The zero-order chi connectivity index (χ0) is 31.1. The molecule has 1 aromatic heterocycles. The number of fused-ring (bicyclic) bond motifs is 1. The number of carbonyl (C=O) groups is 3. The van der Waals surface area contributed by atoms with Crippen molar-refractivity contribution in [2.24, 2.45) is 11.7 Å². The normalized spacial score (nSPS) is 19.8. The Morgan fingerprint density at radius 2 is 1.68 bits per heavy atom. The predicted molar refractivity (Wildman–Crippen MR) is 168 cm³/mol. The number of amides is 3. The number of hydrogen-bond acceptors (Lipinski definition) is 6. The third kappa shape index (κ3) is 7.73. The molecule has 0 bridgehead atoms. The second kappa shape index (κ2) is 14.2. The van der Waals surface area contributed by atoms with E-state index in [9.17, 15) is 14.4 Å². The van der Waals surface area contributed by atoms with E-state index >= 15 is 0 Å². The molecule has 2 fully saturated rings. The Balaban J connectivity index is 1.33. The fraction of sp³-hybridized carbons (Fsp3) is 0.471. The van der Waals surface area contributed by atoms with E-state index in [1.165, 1.54) is 19.3 Å². The predicted octanol–water partition coefficient (Wildman–Crippen LogP) is 4.03. The number of hydrogen-bond donors (Lipinski definition) is 3. The quantitative estimate of drug-likeness (QED) is 0.305. The topological polar surface area (TPSA) is 132 Å². The van der Waals surface area contributed by atoms with Crippen LogP contribution in [0.1, 0.15) is 69.5 Å². The summed E-state index contributed by atoms with van der Waals surface area (Å²) >= 11 is 0. The van der Waals surface area contributed by atoms with Gasteiger partial charge in [-0.25, -0.2) is 4.98 Å². The van der Waals surface area contributed by atoms with Gasteiger partial charge in [-0.3, -0.25) is 14.4 Å². The lowest BCUT2D eigenvalue weighted by Crippen LogP contribution is -2.56. The van der Waals surface area contributed by atoms with Crippen molar-refractivity contribution in [2.45, 2.75) is 82.6 Å². The minimum atomic E-state index is -1.19. The zero-order valence-electron chi connectivity index (χ0n) is 25.7. The highest BCUT2D eigenvalue weighted by molar-refractivity contribution is 5.98. The van der Waals surface area contributed by atoms with Gasteiger partial charge in [0.05, 0.1) is 25.1 Å². The van der Waals surface area contributed by atoms with E-state index in [2.05, 4.69) is 20.5 Å². The second-order valence-electron chi connectivity index (χ2n) is 12.5. The van der Waals surface area contributed by atoms with Gasteiger partial charge in [0.15, 0.2) is 5.82 Å². The van der Waals surface area contributed by atoms with Gasteiger partial charge >= 0.3 is 0 Å². The molecule has 4 N–H and O–H groups in total. The highest BCUT2D eigenvalue weighted by Crippen LogP contribution is 2.37. The molecule has 1 saturated carbocycles. The number of aromatic nitrogens is 2. The number of nitrogens with one attached hydrogen (secondary N) is 2. The zero-order valence-corrected chi connectivity index (χ0v) is 25.7. The molecule has 0 radical (unpaired) electrons. The molecule has 3 aromatic rings. The van der Waals surface area contributed by atoms with Gasteiger partial charge in [0.25, 0.3) is 11.8 Å². The van der Waals surface area contributed by atoms with Gasteiger partial charge in [-0.15, -0.1) is 0 Å². The Morgan fingerprint density at radius 3 is 2.41 bits per heavy atom. The molecule has 1 aliphatic heterocycles. The molecule has 2 aromatic carbocycles. The van der Waals surface area contributed by atoms with Crippen LogP contribution in [0.25, 0.3) is 0 Å². The van der Waals surface area contributed by atoms with Crippen LogP contribution in [0.2, 0.25) is 0 Å². The van der Waals surface area contributed by atoms with E-state index in [4.69, 9.17) is 10.5 Å².